The Kier molecular flexibility index (Phi) is 4.25. The molecular formula is C16H15N3O3. The van der Waals surface area contributed by atoms with Crippen LogP contribution in [0.1, 0.15) is 24.8 Å². The highest BCUT2D eigenvalue weighted by molar-refractivity contribution is 5.42. The number of hydrogen-bond acceptors (Lipinski definition) is 5. The molecular weight excluding hydrogens is 282 g/mol. The maximum Gasteiger partial charge on any atom is 0.269 e. The summed E-state index contributed by atoms with van der Waals surface area (Å²) in [5.41, 5.74) is 0.388. The Bertz CT molecular complexity index is 681. The number of rotatable bonds is 3. The number of ether oxygens (including phenoxy) is 1. The van der Waals surface area contributed by atoms with Gasteiger partial charge in [0.1, 0.15) is 6.10 Å². The smallest absolute Gasteiger partial charge is 0.269 e. The highest BCUT2D eigenvalue weighted by atomic mass is 16.6. The molecule has 0 spiro atoms. The van der Waals surface area contributed by atoms with Crippen LogP contribution in [-0.2, 0) is 4.74 Å². The van der Waals surface area contributed by atoms with Crippen LogP contribution in [0, 0.1) is 38.2 Å². The standard InChI is InChI=1S/C16H15N3O3/c1-11-7-14(12-3-5-13(6-4-12)19(20)21)16(9-17,10-18)15(8-11)22-2/h3-6,8,14-15H,7H2,1-2H3/t14-,15-/m1/s1. The molecule has 1 aromatic carbocycles. The first kappa shape index (κ1) is 15.7. The van der Waals surface area contributed by atoms with Crippen LogP contribution in [0.5, 0.6) is 0 Å². The number of nitro groups is 1. The molecule has 6 heteroatoms. The van der Waals surface area contributed by atoms with Gasteiger partial charge in [-0.05, 0) is 18.9 Å². The Hall–Kier alpha value is -2.70. The van der Waals surface area contributed by atoms with Gasteiger partial charge in [-0.15, -0.1) is 0 Å². The summed E-state index contributed by atoms with van der Waals surface area (Å²) in [7, 11) is 1.47. The minimum atomic E-state index is -1.34. The number of benzene rings is 1. The number of hydrogen-bond donors (Lipinski definition) is 0. The van der Waals surface area contributed by atoms with Gasteiger partial charge in [-0.25, -0.2) is 0 Å². The van der Waals surface area contributed by atoms with Crippen molar-refractivity contribution in [2.75, 3.05) is 7.11 Å². The fourth-order valence-electron chi connectivity index (χ4n) is 2.91. The second-order valence-electron chi connectivity index (χ2n) is 5.37. The molecule has 0 unspecified atom stereocenters. The summed E-state index contributed by atoms with van der Waals surface area (Å²) in [4.78, 5) is 10.3. The third-order valence-corrected chi connectivity index (χ3v) is 4.09. The predicted molar refractivity (Wildman–Crippen MR) is 78.7 cm³/mol. The number of nitriles is 2. The molecule has 0 aromatic heterocycles. The first-order chi connectivity index (χ1) is 10.5. The zero-order valence-corrected chi connectivity index (χ0v) is 12.3. The molecule has 0 N–H and O–H groups in total. The average molecular weight is 297 g/mol. The number of nitrogens with zero attached hydrogens (tertiary/aromatic N) is 3. The first-order valence-corrected chi connectivity index (χ1v) is 6.75. The molecule has 1 aromatic rings. The monoisotopic (exact) mass is 297 g/mol. The third kappa shape index (κ3) is 2.45. The number of methoxy groups -OCH3 is 1. The lowest BCUT2D eigenvalue weighted by Crippen LogP contribution is -2.41. The van der Waals surface area contributed by atoms with E-state index in [4.69, 9.17) is 4.74 Å². The Morgan fingerprint density at radius 1 is 1.32 bits per heavy atom. The van der Waals surface area contributed by atoms with Crippen LogP contribution in [0.25, 0.3) is 0 Å². The number of nitro benzene ring substituents is 1. The highest BCUT2D eigenvalue weighted by Gasteiger charge is 2.49. The van der Waals surface area contributed by atoms with E-state index in [0.717, 1.165) is 11.1 Å². The van der Waals surface area contributed by atoms with Crippen LogP contribution >= 0.6 is 0 Å². The van der Waals surface area contributed by atoms with Crippen molar-refractivity contribution >= 4 is 5.69 Å². The number of allylic oxidation sites excluding steroid dienone is 1. The maximum absolute atomic E-state index is 10.8. The second kappa shape index (κ2) is 5.97. The van der Waals surface area contributed by atoms with Crippen molar-refractivity contribution in [1.29, 1.82) is 10.5 Å². The summed E-state index contributed by atoms with van der Waals surface area (Å²) in [6.45, 7) is 1.92. The molecule has 0 radical (unpaired) electrons. The molecule has 22 heavy (non-hydrogen) atoms. The van der Waals surface area contributed by atoms with Crippen molar-refractivity contribution in [1.82, 2.24) is 0 Å². The van der Waals surface area contributed by atoms with Crippen LogP contribution in [-0.4, -0.2) is 18.1 Å². The van der Waals surface area contributed by atoms with Gasteiger partial charge in [-0.2, -0.15) is 10.5 Å². The van der Waals surface area contributed by atoms with Crippen molar-refractivity contribution in [3.8, 4) is 12.1 Å². The van der Waals surface area contributed by atoms with E-state index in [1.807, 2.05) is 6.92 Å². The lowest BCUT2D eigenvalue weighted by atomic mass is 9.64. The topological polar surface area (TPSA) is 99.9 Å². The van der Waals surface area contributed by atoms with Gasteiger partial charge in [-0.1, -0.05) is 23.8 Å². The summed E-state index contributed by atoms with van der Waals surface area (Å²) in [5, 5.41) is 30.0. The van der Waals surface area contributed by atoms with Crippen LogP contribution in [0.2, 0.25) is 0 Å². The van der Waals surface area contributed by atoms with Crippen molar-refractivity contribution in [3.63, 3.8) is 0 Å². The fraction of sp³-hybridized carbons (Fsp3) is 0.375. The van der Waals surface area contributed by atoms with Crippen molar-refractivity contribution in [2.24, 2.45) is 5.41 Å². The van der Waals surface area contributed by atoms with Crippen molar-refractivity contribution < 1.29 is 9.66 Å². The van der Waals surface area contributed by atoms with Gasteiger partial charge < -0.3 is 4.74 Å². The molecule has 112 valence electrons. The quantitative estimate of drug-likeness (QED) is 0.485. The fourth-order valence-corrected chi connectivity index (χ4v) is 2.91. The van der Waals surface area contributed by atoms with Gasteiger partial charge in [-0.3, -0.25) is 10.1 Å². The van der Waals surface area contributed by atoms with Gasteiger partial charge in [0, 0.05) is 25.2 Å². The first-order valence-electron chi connectivity index (χ1n) is 6.75. The molecule has 0 bridgehead atoms. The average Bonchev–Trinajstić information content (AvgIpc) is 2.54. The molecule has 0 heterocycles. The van der Waals surface area contributed by atoms with E-state index in [1.165, 1.54) is 19.2 Å². The van der Waals surface area contributed by atoms with Gasteiger partial charge in [0.15, 0.2) is 5.41 Å². The predicted octanol–water partition coefficient (Wildman–Crippen LogP) is 3.08. The minimum Gasteiger partial charge on any atom is -0.375 e. The lowest BCUT2D eigenvalue weighted by Gasteiger charge is -2.38. The van der Waals surface area contributed by atoms with Gasteiger partial charge >= 0.3 is 0 Å². The van der Waals surface area contributed by atoms with Crippen LogP contribution in [0.3, 0.4) is 0 Å². The van der Waals surface area contributed by atoms with E-state index in [-0.39, 0.29) is 5.69 Å². The maximum atomic E-state index is 10.8. The molecule has 1 aliphatic carbocycles. The molecule has 0 saturated heterocycles. The summed E-state index contributed by atoms with van der Waals surface area (Å²) in [6, 6.07) is 10.2. The number of non-ortho nitro benzene ring substituents is 1. The molecule has 1 aliphatic rings. The Balaban J connectivity index is 2.52. The van der Waals surface area contributed by atoms with E-state index >= 15 is 0 Å². The summed E-state index contributed by atoms with van der Waals surface area (Å²) >= 11 is 0. The second-order valence-corrected chi connectivity index (χ2v) is 5.37. The van der Waals surface area contributed by atoms with Crippen LogP contribution < -0.4 is 0 Å². The summed E-state index contributed by atoms with van der Waals surface area (Å²) < 4.78 is 5.34. The zero-order chi connectivity index (χ0) is 16.3. The van der Waals surface area contributed by atoms with Gasteiger partial charge in [0.05, 0.1) is 17.1 Å². The lowest BCUT2D eigenvalue weighted by molar-refractivity contribution is -0.384. The van der Waals surface area contributed by atoms with Crippen molar-refractivity contribution in [2.45, 2.75) is 25.4 Å². The molecule has 6 nitrogen and oxygen atoms in total. The van der Waals surface area contributed by atoms with E-state index in [0.29, 0.717) is 6.42 Å². The molecule has 2 atom stereocenters. The molecule has 0 fully saturated rings. The van der Waals surface area contributed by atoms with E-state index < -0.39 is 22.4 Å². The highest BCUT2D eigenvalue weighted by Crippen LogP contribution is 2.47. The third-order valence-electron chi connectivity index (χ3n) is 4.09. The van der Waals surface area contributed by atoms with E-state index in [1.54, 1.807) is 18.2 Å². The Morgan fingerprint density at radius 3 is 2.36 bits per heavy atom. The van der Waals surface area contributed by atoms with E-state index in [9.17, 15) is 20.6 Å². The van der Waals surface area contributed by atoms with Gasteiger partial charge in [0.25, 0.3) is 5.69 Å². The molecule has 2 rings (SSSR count). The summed E-state index contributed by atoms with van der Waals surface area (Å²) in [6.07, 6.45) is 1.71. The van der Waals surface area contributed by atoms with E-state index in [2.05, 4.69) is 12.1 Å². The van der Waals surface area contributed by atoms with Crippen LogP contribution in [0.4, 0.5) is 5.69 Å². The Morgan fingerprint density at radius 2 is 1.91 bits per heavy atom. The molecule has 0 saturated carbocycles. The zero-order valence-electron chi connectivity index (χ0n) is 12.3. The normalized spacial score (nSPS) is 23.0. The van der Waals surface area contributed by atoms with Crippen LogP contribution in [0.15, 0.2) is 35.9 Å². The summed E-state index contributed by atoms with van der Waals surface area (Å²) in [5.74, 6) is -0.391. The Labute approximate surface area is 128 Å². The SMILES string of the molecule is CO[C@@H]1C=C(C)C[C@H](c2ccc([N+](=O)[O-])cc2)C1(C#N)C#N. The van der Waals surface area contributed by atoms with Gasteiger partial charge in [0.2, 0.25) is 0 Å². The molecule has 0 amide bonds. The minimum absolute atomic E-state index is 0.0189. The molecule has 0 aliphatic heterocycles. The largest absolute Gasteiger partial charge is 0.375 e. The van der Waals surface area contributed by atoms with Crippen molar-refractivity contribution in [3.05, 3.63) is 51.6 Å².